The van der Waals surface area contributed by atoms with Gasteiger partial charge < -0.3 is 5.73 Å². The van der Waals surface area contributed by atoms with Gasteiger partial charge in [-0.1, -0.05) is 24.3 Å². The number of benzene rings is 1. The Morgan fingerprint density at radius 1 is 1.23 bits per heavy atom. The molecule has 22 heavy (non-hydrogen) atoms. The monoisotopic (exact) mass is 339 g/mol. The molecule has 0 saturated heterocycles. The maximum atomic E-state index is 11.4. The molecule has 0 bridgehead atoms. The first-order valence-corrected chi connectivity index (χ1v) is 8.62. The third-order valence-corrected chi connectivity index (χ3v) is 4.14. The van der Waals surface area contributed by atoms with Gasteiger partial charge in [-0.25, -0.2) is 8.42 Å². The summed E-state index contributed by atoms with van der Waals surface area (Å²) in [6.45, 7) is 0. The molecular weight excluding hydrogens is 322 g/mol. The molecular formula is C15H18ClN3O2S. The van der Waals surface area contributed by atoms with E-state index in [4.69, 9.17) is 5.73 Å². The number of rotatable bonds is 4. The highest BCUT2D eigenvalue weighted by Crippen LogP contribution is 2.39. The summed E-state index contributed by atoms with van der Waals surface area (Å²) in [5.41, 5.74) is 9.00. The quantitative estimate of drug-likeness (QED) is 0.895. The molecule has 0 unspecified atom stereocenters. The highest BCUT2D eigenvalue weighted by atomic mass is 35.5. The summed E-state index contributed by atoms with van der Waals surface area (Å²) in [5, 5.41) is 0. The molecule has 0 amide bonds. The van der Waals surface area contributed by atoms with Crippen molar-refractivity contribution < 1.29 is 8.42 Å². The lowest BCUT2D eigenvalue weighted by Crippen LogP contribution is -2.10. The van der Waals surface area contributed by atoms with Crippen molar-refractivity contribution in [1.82, 2.24) is 4.98 Å². The molecule has 5 nitrogen and oxygen atoms in total. The summed E-state index contributed by atoms with van der Waals surface area (Å²) >= 11 is 0. The second-order valence-electron chi connectivity index (χ2n) is 5.40. The van der Waals surface area contributed by atoms with Crippen LogP contribution in [0.1, 0.15) is 17.9 Å². The van der Waals surface area contributed by atoms with Gasteiger partial charge in [-0.3, -0.25) is 9.71 Å². The molecule has 1 heterocycles. The highest BCUT2D eigenvalue weighted by molar-refractivity contribution is 7.92. The van der Waals surface area contributed by atoms with Crippen LogP contribution in [0.15, 0.2) is 42.6 Å². The summed E-state index contributed by atoms with van der Waals surface area (Å²) in [6.07, 6.45) is 3.96. The molecule has 1 aromatic heterocycles. The Balaban J connectivity index is 0.00000176. The van der Waals surface area contributed by atoms with Crippen LogP contribution in [0.2, 0.25) is 0 Å². The number of nitrogens with one attached hydrogen (secondary N) is 1. The fraction of sp³-hybridized carbons (Fsp3) is 0.267. The average Bonchev–Trinajstić information content (AvgIpc) is 3.15. The van der Waals surface area contributed by atoms with Gasteiger partial charge in [0.1, 0.15) is 0 Å². The van der Waals surface area contributed by atoms with Crippen molar-refractivity contribution in [3.8, 4) is 11.3 Å². The fourth-order valence-corrected chi connectivity index (χ4v) is 2.95. The third-order valence-electron chi connectivity index (χ3n) is 3.55. The molecule has 1 saturated carbocycles. The molecule has 0 aliphatic heterocycles. The molecule has 118 valence electrons. The summed E-state index contributed by atoms with van der Waals surface area (Å²) < 4.78 is 25.4. The van der Waals surface area contributed by atoms with Crippen molar-refractivity contribution in [2.75, 3.05) is 11.0 Å². The molecule has 3 rings (SSSR count). The molecule has 0 spiro atoms. The Kier molecular flexibility index (Phi) is 4.75. The average molecular weight is 340 g/mol. The van der Waals surface area contributed by atoms with E-state index in [1.165, 1.54) is 0 Å². The Bertz CT molecular complexity index is 763. The second kappa shape index (κ2) is 6.24. The van der Waals surface area contributed by atoms with E-state index in [9.17, 15) is 8.42 Å². The van der Waals surface area contributed by atoms with Crippen LogP contribution in [0.3, 0.4) is 0 Å². The van der Waals surface area contributed by atoms with Gasteiger partial charge in [0.15, 0.2) is 0 Å². The van der Waals surface area contributed by atoms with Gasteiger partial charge in [0.2, 0.25) is 10.0 Å². The number of anilines is 1. The van der Waals surface area contributed by atoms with Crippen LogP contribution in [0, 0.1) is 0 Å². The second-order valence-corrected chi connectivity index (χ2v) is 7.15. The SMILES string of the molecule is CS(=O)(=O)Nc1ccccc1-c1ccc([C@H]2C[C@@H]2N)cn1.Cl. The normalized spacial score (nSPS) is 20.1. The van der Waals surface area contributed by atoms with E-state index in [0.717, 1.165) is 29.5 Å². The summed E-state index contributed by atoms with van der Waals surface area (Å²) in [7, 11) is -3.32. The van der Waals surface area contributed by atoms with Gasteiger partial charge in [0, 0.05) is 23.7 Å². The van der Waals surface area contributed by atoms with Gasteiger partial charge >= 0.3 is 0 Å². The first-order valence-electron chi connectivity index (χ1n) is 6.73. The van der Waals surface area contributed by atoms with E-state index in [2.05, 4.69) is 9.71 Å². The number of pyridine rings is 1. The Morgan fingerprint density at radius 2 is 1.91 bits per heavy atom. The minimum absolute atomic E-state index is 0. The van der Waals surface area contributed by atoms with Crippen LogP contribution in [0.5, 0.6) is 0 Å². The van der Waals surface area contributed by atoms with Gasteiger partial charge in [-0.15, -0.1) is 12.4 Å². The maximum absolute atomic E-state index is 11.4. The Morgan fingerprint density at radius 3 is 2.45 bits per heavy atom. The molecule has 1 aliphatic rings. The fourth-order valence-electron chi connectivity index (χ4n) is 2.38. The number of sulfonamides is 1. The Labute approximate surface area is 136 Å². The van der Waals surface area contributed by atoms with Crippen molar-refractivity contribution in [2.45, 2.75) is 18.4 Å². The molecule has 1 fully saturated rings. The number of halogens is 1. The molecule has 1 aliphatic carbocycles. The van der Waals surface area contributed by atoms with Crippen molar-refractivity contribution in [2.24, 2.45) is 5.73 Å². The molecule has 0 radical (unpaired) electrons. The minimum Gasteiger partial charge on any atom is -0.327 e. The summed E-state index contributed by atoms with van der Waals surface area (Å²) in [4.78, 5) is 4.44. The van der Waals surface area contributed by atoms with Crippen molar-refractivity contribution in [3.63, 3.8) is 0 Å². The van der Waals surface area contributed by atoms with E-state index >= 15 is 0 Å². The van der Waals surface area contributed by atoms with Gasteiger partial charge in [-0.05, 0) is 24.1 Å². The molecule has 2 aromatic rings. The molecule has 3 N–H and O–H groups in total. The zero-order valence-electron chi connectivity index (χ0n) is 12.1. The largest absolute Gasteiger partial charge is 0.327 e. The number of nitrogens with zero attached hydrogens (tertiary/aromatic N) is 1. The number of nitrogens with two attached hydrogens (primary N) is 1. The van der Waals surface area contributed by atoms with E-state index in [0.29, 0.717) is 11.6 Å². The number of aromatic nitrogens is 1. The standard InChI is InChI=1S/C15H17N3O2S.ClH/c1-21(19,20)18-15-5-3-2-4-11(15)14-7-6-10(9-17-14)12-8-13(12)16;/h2-7,9,12-13,18H,8,16H2,1H3;1H/t12-,13+;/m1./s1. The van der Waals surface area contributed by atoms with Gasteiger partial charge in [0.25, 0.3) is 0 Å². The smallest absolute Gasteiger partial charge is 0.229 e. The lowest BCUT2D eigenvalue weighted by Gasteiger charge is -2.10. The number of para-hydroxylation sites is 1. The zero-order valence-corrected chi connectivity index (χ0v) is 13.7. The van der Waals surface area contributed by atoms with Crippen LogP contribution >= 0.6 is 12.4 Å². The summed E-state index contributed by atoms with van der Waals surface area (Å²) in [6, 6.07) is 11.4. The lowest BCUT2D eigenvalue weighted by molar-refractivity contribution is 0.607. The first kappa shape index (κ1) is 16.7. The molecule has 1 aromatic carbocycles. The topological polar surface area (TPSA) is 85.1 Å². The lowest BCUT2D eigenvalue weighted by atomic mass is 10.1. The minimum atomic E-state index is -3.32. The van der Waals surface area contributed by atoms with Gasteiger partial charge in [-0.2, -0.15) is 0 Å². The Hall–Kier alpha value is -1.63. The third kappa shape index (κ3) is 3.76. The maximum Gasteiger partial charge on any atom is 0.229 e. The predicted molar refractivity (Wildman–Crippen MR) is 90.7 cm³/mol. The first-order chi connectivity index (χ1) is 9.94. The van der Waals surface area contributed by atoms with Crippen LogP contribution in [-0.2, 0) is 10.0 Å². The number of hydrogen-bond acceptors (Lipinski definition) is 4. The highest BCUT2D eigenvalue weighted by Gasteiger charge is 2.34. The van der Waals surface area contributed by atoms with Crippen LogP contribution in [0.25, 0.3) is 11.3 Å². The predicted octanol–water partition coefficient (Wildman–Crippen LogP) is 2.36. The van der Waals surface area contributed by atoms with Crippen LogP contribution in [-0.4, -0.2) is 25.7 Å². The van der Waals surface area contributed by atoms with E-state index in [-0.39, 0.29) is 18.4 Å². The van der Waals surface area contributed by atoms with Crippen molar-refractivity contribution in [3.05, 3.63) is 48.2 Å². The van der Waals surface area contributed by atoms with Gasteiger partial charge in [0.05, 0.1) is 17.6 Å². The van der Waals surface area contributed by atoms with E-state index in [1.54, 1.807) is 12.1 Å². The van der Waals surface area contributed by atoms with Crippen LogP contribution < -0.4 is 10.5 Å². The zero-order chi connectivity index (χ0) is 15.0. The van der Waals surface area contributed by atoms with Crippen molar-refractivity contribution >= 4 is 28.1 Å². The van der Waals surface area contributed by atoms with E-state index in [1.807, 2.05) is 30.5 Å². The van der Waals surface area contributed by atoms with Crippen LogP contribution in [0.4, 0.5) is 5.69 Å². The van der Waals surface area contributed by atoms with Crippen molar-refractivity contribution in [1.29, 1.82) is 0 Å². The molecule has 2 atom stereocenters. The molecule has 7 heteroatoms. The number of hydrogen-bond donors (Lipinski definition) is 2. The summed E-state index contributed by atoms with van der Waals surface area (Å²) in [5.74, 6) is 0.413. The van der Waals surface area contributed by atoms with E-state index < -0.39 is 10.0 Å².